The molecule has 1 heterocycles. The molecular formula is C25H34N4O3. The van der Waals surface area contributed by atoms with Gasteiger partial charge in [0, 0.05) is 18.5 Å². The van der Waals surface area contributed by atoms with Gasteiger partial charge in [0.15, 0.2) is 0 Å². The molecule has 3 aliphatic rings. The number of hydrogen-bond donors (Lipinski definition) is 3. The normalized spacial score (nSPS) is 29.8. The monoisotopic (exact) mass is 438 g/mol. The van der Waals surface area contributed by atoms with E-state index in [2.05, 4.69) is 22.0 Å². The highest BCUT2D eigenvalue weighted by Gasteiger charge is 2.37. The number of nitrogens with zero attached hydrogens (tertiary/aromatic N) is 1. The number of nitrogens with one attached hydrogen (secondary N) is 3. The van der Waals surface area contributed by atoms with Crippen LogP contribution in [0.5, 0.6) is 5.75 Å². The van der Waals surface area contributed by atoms with Gasteiger partial charge >= 0.3 is 0 Å². The molecule has 32 heavy (non-hydrogen) atoms. The average Bonchev–Trinajstić information content (AvgIpc) is 2.81. The van der Waals surface area contributed by atoms with Crippen molar-refractivity contribution in [2.45, 2.75) is 95.0 Å². The zero-order chi connectivity index (χ0) is 22.3. The molecule has 0 aromatic heterocycles. The van der Waals surface area contributed by atoms with E-state index in [9.17, 15) is 14.9 Å². The molecule has 2 aliphatic carbocycles. The number of benzene rings is 1. The highest BCUT2D eigenvalue weighted by molar-refractivity contribution is 5.80. The molecule has 2 saturated carbocycles. The van der Waals surface area contributed by atoms with Gasteiger partial charge in [-0.2, -0.15) is 5.26 Å². The Hall–Kier alpha value is -2.59. The Morgan fingerprint density at radius 3 is 2.72 bits per heavy atom. The van der Waals surface area contributed by atoms with Crippen LogP contribution in [0.15, 0.2) is 24.3 Å². The van der Waals surface area contributed by atoms with Crippen LogP contribution >= 0.6 is 0 Å². The van der Waals surface area contributed by atoms with E-state index < -0.39 is 0 Å². The number of carbonyl (C=O) groups excluding carboxylic acids is 2. The molecule has 172 valence electrons. The van der Waals surface area contributed by atoms with Crippen LogP contribution in [0.4, 0.5) is 0 Å². The van der Waals surface area contributed by atoms with Crippen molar-refractivity contribution in [3.8, 4) is 11.8 Å². The molecule has 2 amide bonds. The number of ether oxygens (including phenoxy) is 1. The number of para-hydroxylation sites is 1. The van der Waals surface area contributed by atoms with Crippen LogP contribution < -0.4 is 20.7 Å². The Morgan fingerprint density at radius 2 is 1.91 bits per heavy atom. The quantitative estimate of drug-likeness (QED) is 0.607. The molecule has 1 saturated heterocycles. The molecular weight excluding hydrogens is 404 g/mol. The van der Waals surface area contributed by atoms with Crippen molar-refractivity contribution in [2.75, 3.05) is 0 Å². The van der Waals surface area contributed by atoms with E-state index in [4.69, 9.17) is 4.74 Å². The van der Waals surface area contributed by atoms with Crippen molar-refractivity contribution in [3.05, 3.63) is 29.8 Å². The largest absolute Gasteiger partial charge is 0.489 e. The second-order valence-corrected chi connectivity index (χ2v) is 9.38. The highest BCUT2D eigenvalue weighted by atomic mass is 16.5. The summed E-state index contributed by atoms with van der Waals surface area (Å²) >= 11 is 0. The third kappa shape index (κ3) is 5.80. The number of fused-ring (bicyclic) bond motifs is 1. The molecule has 3 unspecified atom stereocenters. The maximum absolute atomic E-state index is 12.4. The smallest absolute Gasteiger partial charge is 0.225 e. The fraction of sp³-hybridized carbons (Fsp3) is 0.640. The zero-order valence-corrected chi connectivity index (χ0v) is 18.6. The number of rotatable bonds is 7. The topological polar surface area (TPSA) is 103 Å². The van der Waals surface area contributed by atoms with E-state index in [1.54, 1.807) is 6.07 Å². The van der Waals surface area contributed by atoms with Crippen LogP contribution in [0, 0.1) is 17.2 Å². The van der Waals surface area contributed by atoms with Gasteiger partial charge in [0.2, 0.25) is 11.8 Å². The fourth-order valence-corrected chi connectivity index (χ4v) is 5.31. The first-order valence-corrected chi connectivity index (χ1v) is 12.1. The van der Waals surface area contributed by atoms with E-state index in [-0.39, 0.29) is 36.0 Å². The molecule has 0 radical (unpaired) electrons. The maximum atomic E-state index is 12.4. The van der Waals surface area contributed by atoms with Crippen molar-refractivity contribution in [1.82, 2.24) is 16.0 Å². The lowest BCUT2D eigenvalue weighted by atomic mass is 9.82. The SMILES string of the molecule is N#Cc1ccccc1OC1CCC(NC(=O)CCCC2NC(=O)C3CCCCC3N2)CC1. The molecule has 1 aromatic carbocycles. The van der Waals surface area contributed by atoms with Crippen LogP contribution in [0.25, 0.3) is 0 Å². The Bertz CT molecular complexity index is 844. The molecule has 1 aromatic rings. The minimum absolute atomic E-state index is 0.0153. The van der Waals surface area contributed by atoms with Crippen LogP contribution in [0.3, 0.4) is 0 Å². The fourth-order valence-electron chi connectivity index (χ4n) is 5.31. The van der Waals surface area contributed by atoms with E-state index in [1.807, 2.05) is 18.2 Å². The molecule has 4 rings (SSSR count). The molecule has 3 N–H and O–H groups in total. The van der Waals surface area contributed by atoms with Gasteiger partial charge in [-0.05, 0) is 63.5 Å². The lowest BCUT2D eigenvalue weighted by Gasteiger charge is -2.40. The Labute approximate surface area is 190 Å². The number of hydrogen-bond acceptors (Lipinski definition) is 5. The van der Waals surface area contributed by atoms with Crippen molar-refractivity contribution in [3.63, 3.8) is 0 Å². The summed E-state index contributed by atoms with van der Waals surface area (Å²) in [5.41, 5.74) is 0.561. The summed E-state index contributed by atoms with van der Waals surface area (Å²) in [5.74, 6) is 1.03. The Balaban J connectivity index is 1.13. The van der Waals surface area contributed by atoms with Crippen LogP contribution in [0.1, 0.15) is 76.2 Å². The minimum atomic E-state index is -0.0153. The van der Waals surface area contributed by atoms with Crippen molar-refractivity contribution >= 4 is 11.8 Å². The van der Waals surface area contributed by atoms with Gasteiger partial charge in [-0.15, -0.1) is 0 Å². The van der Waals surface area contributed by atoms with Crippen molar-refractivity contribution in [2.24, 2.45) is 5.92 Å². The van der Waals surface area contributed by atoms with Gasteiger partial charge in [-0.1, -0.05) is 25.0 Å². The molecule has 0 bridgehead atoms. The van der Waals surface area contributed by atoms with Crippen molar-refractivity contribution < 1.29 is 14.3 Å². The molecule has 0 spiro atoms. The van der Waals surface area contributed by atoms with Crippen LogP contribution in [0.2, 0.25) is 0 Å². The lowest BCUT2D eigenvalue weighted by Crippen LogP contribution is -2.62. The van der Waals surface area contributed by atoms with E-state index in [1.165, 1.54) is 6.42 Å². The third-order valence-corrected chi connectivity index (χ3v) is 7.07. The zero-order valence-electron chi connectivity index (χ0n) is 18.6. The van der Waals surface area contributed by atoms with Gasteiger partial charge in [-0.3, -0.25) is 14.9 Å². The molecule has 7 nitrogen and oxygen atoms in total. The van der Waals surface area contributed by atoms with Gasteiger partial charge in [0.25, 0.3) is 0 Å². The first-order chi connectivity index (χ1) is 15.6. The van der Waals surface area contributed by atoms with Gasteiger partial charge < -0.3 is 15.4 Å². The summed E-state index contributed by atoms with van der Waals surface area (Å²) in [6, 6.07) is 9.97. The summed E-state index contributed by atoms with van der Waals surface area (Å²) in [7, 11) is 0. The number of amides is 2. The van der Waals surface area contributed by atoms with Crippen LogP contribution in [-0.4, -0.2) is 36.2 Å². The van der Waals surface area contributed by atoms with Gasteiger partial charge in [0.1, 0.15) is 11.8 Å². The molecule has 1 aliphatic heterocycles. The first kappa shape index (κ1) is 22.6. The predicted molar refractivity (Wildman–Crippen MR) is 121 cm³/mol. The second kappa shape index (κ2) is 10.8. The van der Waals surface area contributed by atoms with E-state index in [0.717, 1.165) is 57.8 Å². The summed E-state index contributed by atoms with van der Waals surface area (Å²) in [4.78, 5) is 24.7. The first-order valence-electron chi connectivity index (χ1n) is 12.1. The number of carbonyl (C=O) groups is 2. The number of nitriles is 1. The molecule has 3 fully saturated rings. The van der Waals surface area contributed by atoms with Crippen LogP contribution in [-0.2, 0) is 9.59 Å². The van der Waals surface area contributed by atoms with Gasteiger partial charge in [-0.25, -0.2) is 0 Å². The summed E-state index contributed by atoms with van der Waals surface area (Å²) in [6.45, 7) is 0. The Morgan fingerprint density at radius 1 is 1.12 bits per heavy atom. The van der Waals surface area contributed by atoms with E-state index in [0.29, 0.717) is 23.8 Å². The summed E-state index contributed by atoms with van der Waals surface area (Å²) in [5, 5.41) is 19.0. The molecule has 7 heteroatoms. The Kier molecular flexibility index (Phi) is 7.64. The highest BCUT2D eigenvalue weighted by Crippen LogP contribution is 2.28. The standard InChI is InChI=1S/C25H34N4O3/c26-16-17-6-1-4-9-22(17)32-19-14-12-18(13-15-19)27-24(30)11-5-10-23-28-21-8-3-2-7-20(21)25(31)29-23/h1,4,6,9,18-21,23,28H,2-3,5,7-8,10-15H2,(H,27,30)(H,29,31). The van der Waals surface area contributed by atoms with Gasteiger partial charge in [0.05, 0.1) is 23.8 Å². The van der Waals surface area contributed by atoms with Crippen molar-refractivity contribution in [1.29, 1.82) is 5.26 Å². The average molecular weight is 439 g/mol. The third-order valence-electron chi connectivity index (χ3n) is 7.07. The minimum Gasteiger partial charge on any atom is -0.489 e. The van der Waals surface area contributed by atoms with E-state index >= 15 is 0 Å². The summed E-state index contributed by atoms with van der Waals surface area (Å²) in [6.07, 6.45) is 9.97. The maximum Gasteiger partial charge on any atom is 0.225 e. The summed E-state index contributed by atoms with van der Waals surface area (Å²) < 4.78 is 6.03. The molecule has 3 atom stereocenters. The lowest BCUT2D eigenvalue weighted by molar-refractivity contribution is -0.130. The second-order valence-electron chi connectivity index (χ2n) is 9.38. The predicted octanol–water partition coefficient (Wildman–Crippen LogP) is 3.14.